The number of halogens is 5. The molecule has 26 heavy (non-hydrogen) atoms. The van der Waals surface area contributed by atoms with E-state index in [1.807, 2.05) is 0 Å². The second-order valence-electron chi connectivity index (χ2n) is 5.19. The minimum Gasteiger partial charge on any atom is -0.464 e. The van der Waals surface area contributed by atoms with Gasteiger partial charge in [-0.1, -0.05) is 0 Å². The molecule has 0 saturated carbocycles. The number of ether oxygens (including phenoxy) is 1. The maximum absolute atomic E-state index is 13.9. The summed E-state index contributed by atoms with van der Waals surface area (Å²) in [7, 11) is 0. The van der Waals surface area contributed by atoms with Crippen LogP contribution in [-0.2, 0) is 9.53 Å². The van der Waals surface area contributed by atoms with Crippen LogP contribution in [0, 0.1) is 11.6 Å². The normalized spacial score (nSPS) is 12.4. The van der Waals surface area contributed by atoms with E-state index in [1.54, 1.807) is 0 Å². The number of hydrogen-bond donors (Lipinski definition) is 0. The van der Waals surface area contributed by atoms with Gasteiger partial charge in [-0.05, 0) is 71.4 Å². The monoisotopic (exact) mass is 431 g/mol. The van der Waals surface area contributed by atoms with Crippen molar-refractivity contribution >= 4 is 27.6 Å². The molecule has 2 rings (SSSR count). The van der Waals surface area contributed by atoms with E-state index >= 15 is 0 Å². The van der Waals surface area contributed by atoms with Gasteiger partial charge in [-0.25, -0.2) is 13.6 Å². The first-order valence-electron chi connectivity index (χ1n) is 7.55. The standard InChI is InChI=1S/C18H14BrF4NO2/c1-2-26-17(25)16(18(19,22)23)24-15(11-3-7-13(20)8-4-11)12-5-9-14(21)10-6-12/h3-10,16H,2H2,1H3. The number of nitrogens with zero attached hydrogens (tertiary/aromatic N) is 1. The first kappa shape index (κ1) is 20.1. The minimum atomic E-state index is -3.68. The van der Waals surface area contributed by atoms with Crippen molar-refractivity contribution in [3.8, 4) is 0 Å². The van der Waals surface area contributed by atoms with Gasteiger partial charge in [-0.3, -0.25) is 4.99 Å². The number of rotatable bonds is 6. The molecule has 0 aliphatic carbocycles. The summed E-state index contributed by atoms with van der Waals surface area (Å²) in [5.74, 6) is -2.28. The van der Waals surface area contributed by atoms with Gasteiger partial charge in [-0.2, -0.15) is 8.78 Å². The molecule has 0 bridgehead atoms. The van der Waals surface area contributed by atoms with Gasteiger partial charge >= 0.3 is 10.8 Å². The van der Waals surface area contributed by atoms with Crippen LogP contribution in [0.25, 0.3) is 0 Å². The van der Waals surface area contributed by atoms with E-state index in [-0.39, 0.29) is 23.4 Å². The third kappa shape index (κ3) is 5.14. The molecule has 0 N–H and O–H groups in total. The van der Waals surface area contributed by atoms with Gasteiger partial charge in [0.2, 0.25) is 6.04 Å². The lowest BCUT2D eigenvalue weighted by molar-refractivity contribution is -0.149. The second-order valence-corrected chi connectivity index (χ2v) is 6.24. The van der Waals surface area contributed by atoms with Crippen LogP contribution in [-0.4, -0.2) is 29.2 Å². The van der Waals surface area contributed by atoms with Crippen LogP contribution < -0.4 is 0 Å². The predicted molar refractivity (Wildman–Crippen MR) is 92.7 cm³/mol. The third-order valence-electron chi connectivity index (χ3n) is 3.31. The number of alkyl halides is 3. The molecule has 0 heterocycles. The van der Waals surface area contributed by atoms with Gasteiger partial charge in [0.25, 0.3) is 0 Å². The van der Waals surface area contributed by atoms with Gasteiger partial charge in [-0.15, -0.1) is 0 Å². The summed E-state index contributed by atoms with van der Waals surface area (Å²) in [5, 5.41) is 0. The Morgan fingerprint density at radius 3 is 1.81 bits per heavy atom. The van der Waals surface area contributed by atoms with E-state index in [0.717, 1.165) is 24.3 Å². The SMILES string of the molecule is CCOC(=O)C(N=C(c1ccc(F)cc1)c1ccc(F)cc1)C(F)(F)Br. The van der Waals surface area contributed by atoms with Gasteiger partial charge < -0.3 is 4.74 Å². The Morgan fingerprint density at radius 2 is 1.46 bits per heavy atom. The van der Waals surface area contributed by atoms with Gasteiger partial charge in [0.05, 0.1) is 12.3 Å². The molecule has 0 fully saturated rings. The van der Waals surface area contributed by atoms with Crippen LogP contribution in [0.15, 0.2) is 53.5 Å². The fourth-order valence-corrected chi connectivity index (χ4v) is 2.43. The van der Waals surface area contributed by atoms with Crippen LogP contribution >= 0.6 is 15.9 Å². The molecule has 2 aromatic carbocycles. The summed E-state index contributed by atoms with van der Waals surface area (Å²) in [5.41, 5.74) is 0.537. The largest absolute Gasteiger partial charge is 0.464 e. The highest BCUT2D eigenvalue weighted by atomic mass is 79.9. The Balaban J connectivity index is 2.60. The molecular formula is C18H14BrF4NO2. The number of carbonyl (C=O) groups excluding carboxylic acids is 1. The second kappa shape index (κ2) is 8.44. The zero-order valence-corrected chi connectivity index (χ0v) is 15.1. The zero-order chi connectivity index (χ0) is 19.3. The van der Waals surface area contributed by atoms with Crippen LogP contribution in [0.3, 0.4) is 0 Å². The van der Waals surface area contributed by atoms with Crippen molar-refractivity contribution in [3.63, 3.8) is 0 Å². The molecule has 0 aliphatic rings. The van der Waals surface area contributed by atoms with Gasteiger partial charge in [0, 0.05) is 11.1 Å². The van der Waals surface area contributed by atoms with Gasteiger partial charge in [0.1, 0.15) is 11.6 Å². The molecule has 1 unspecified atom stereocenters. The van der Waals surface area contributed by atoms with Crippen molar-refractivity contribution < 1.29 is 27.1 Å². The molecular weight excluding hydrogens is 418 g/mol. The quantitative estimate of drug-likeness (QED) is 0.287. The minimum absolute atomic E-state index is 0.0258. The average molecular weight is 432 g/mol. The Bertz CT molecular complexity index is 739. The smallest absolute Gasteiger partial charge is 0.338 e. The van der Waals surface area contributed by atoms with E-state index in [1.165, 1.54) is 31.2 Å². The summed E-state index contributed by atoms with van der Waals surface area (Å²) in [6.45, 7) is 1.38. The predicted octanol–water partition coefficient (Wildman–Crippen LogP) is 4.72. The van der Waals surface area contributed by atoms with E-state index < -0.39 is 28.5 Å². The third-order valence-corrected chi connectivity index (χ3v) is 3.75. The van der Waals surface area contributed by atoms with Crippen molar-refractivity contribution in [2.45, 2.75) is 17.8 Å². The topological polar surface area (TPSA) is 38.7 Å². The first-order valence-corrected chi connectivity index (χ1v) is 8.34. The lowest BCUT2D eigenvalue weighted by atomic mass is 10.0. The summed E-state index contributed by atoms with van der Waals surface area (Å²) in [4.78, 5) is 12.1. The van der Waals surface area contributed by atoms with Crippen molar-refractivity contribution in [2.24, 2.45) is 4.99 Å². The molecule has 3 nitrogen and oxygen atoms in total. The Labute approximate surface area is 155 Å². The summed E-state index contributed by atoms with van der Waals surface area (Å²) in [6.07, 6.45) is 0. The Hall–Kier alpha value is -2.22. The number of hydrogen-bond acceptors (Lipinski definition) is 3. The maximum Gasteiger partial charge on any atom is 0.338 e. The molecule has 0 radical (unpaired) electrons. The fraction of sp³-hybridized carbons (Fsp3) is 0.222. The lowest BCUT2D eigenvalue weighted by Crippen LogP contribution is -2.36. The zero-order valence-electron chi connectivity index (χ0n) is 13.6. The van der Waals surface area contributed by atoms with Crippen molar-refractivity contribution in [3.05, 3.63) is 71.3 Å². The Kier molecular flexibility index (Phi) is 6.52. The number of aliphatic imine (C=N–C) groups is 1. The molecule has 0 spiro atoms. The van der Waals surface area contributed by atoms with Gasteiger partial charge in [0.15, 0.2) is 0 Å². The van der Waals surface area contributed by atoms with Crippen LogP contribution in [0.5, 0.6) is 0 Å². The van der Waals surface area contributed by atoms with Crippen LogP contribution in [0.1, 0.15) is 18.1 Å². The highest BCUT2D eigenvalue weighted by Gasteiger charge is 2.43. The Morgan fingerprint density at radius 1 is 1.04 bits per heavy atom. The molecule has 0 saturated heterocycles. The van der Waals surface area contributed by atoms with Crippen molar-refractivity contribution in [1.82, 2.24) is 0 Å². The molecule has 2 aromatic rings. The molecule has 8 heteroatoms. The average Bonchev–Trinajstić information content (AvgIpc) is 2.57. The molecule has 0 aromatic heterocycles. The molecule has 138 valence electrons. The molecule has 0 aliphatic heterocycles. The fourth-order valence-electron chi connectivity index (χ4n) is 2.14. The summed E-state index contributed by atoms with van der Waals surface area (Å²) in [6, 6.07) is 7.63. The number of benzene rings is 2. The number of esters is 1. The van der Waals surface area contributed by atoms with Crippen LogP contribution in [0.4, 0.5) is 17.6 Å². The maximum atomic E-state index is 13.9. The molecule has 0 amide bonds. The van der Waals surface area contributed by atoms with E-state index in [4.69, 9.17) is 0 Å². The summed E-state index contributed by atoms with van der Waals surface area (Å²) < 4.78 is 58.8. The lowest BCUT2D eigenvalue weighted by Gasteiger charge is -2.19. The van der Waals surface area contributed by atoms with E-state index in [0.29, 0.717) is 0 Å². The van der Waals surface area contributed by atoms with E-state index in [9.17, 15) is 22.4 Å². The molecule has 1 atom stereocenters. The first-order chi connectivity index (χ1) is 12.2. The van der Waals surface area contributed by atoms with Crippen LogP contribution in [0.2, 0.25) is 0 Å². The summed E-state index contributed by atoms with van der Waals surface area (Å²) >= 11 is 2.15. The van der Waals surface area contributed by atoms with E-state index in [2.05, 4.69) is 25.7 Å². The van der Waals surface area contributed by atoms with Crippen molar-refractivity contribution in [2.75, 3.05) is 6.61 Å². The highest BCUT2D eigenvalue weighted by molar-refractivity contribution is 9.10. The highest BCUT2D eigenvalue weighted by Crippen LogP contribution is 2.30. The van der Waals surface area contributed by atoms with Crippen molar-refractivity contribution in [1.29, 1.82) is 0 Å². The number of carbonyl (C=O) groups is 1.